The van der Waals surface area contributed by atoms with Crippen LogP contribution in [-0.2, 0) is 9.63 Å². The van der Waals surface area contributed by atoms with Crippen LogP contribution in [0.5, 0.6) is 0 Å². The summed E-state index contributed by atoms with van der Waals surface area (Å²) in [5, 5.41) is 17.8. The van der Waals surface area contributed by atoms with Gasteiger partial charge in [-0.3, -0.25) is 4.79 Å². The monoisotopic (exact) mass is 238 g/mol. The second kappa shape index (κ2) is 6.31. The van der Waals surface area contributed by atoms with E-state index in [1.54, 1.807) is 24.3 Å². The normalized spacial score (nSPS) is 10.8. The number of benzene rings is 1. The number of para-hydroxylation sites is 1. The van der Waals surface area contributed by atoms with Gasteiger partial charge in [0.25, 0.3) is 5.91 Å². The SMILES string of the molecule is CN(C)[N+]([O-])=NOCC(=O)Nc1ccccc1. The lowest BCUT2D eigenvalue weighted by atomic mass is 10.3. The molecule has 0 unspecified atom stereocenters. The summed E-state index contributed by atoms with van der Waals surface area (Å²) in [6, 6.07) is 8.93. The molecule has 1 aromatic carbocycles. The molecule has 0 aromatic heterocycles. The molecule has 0 aliphatic rings. The molecule has 7 nitrogen and oxygen atoms in total. The van der Waals surface area contributed by atoms with Gasteiger partial charge in [-0.05, 0) is 12.1 Å². The zero-order valence-corrected chi connectivity index (χ0v) is 9.66. The van der Waals surface area contributed by atoms with Gasteiger partial charge in [-0.25, -0.2) is 0 Å². The third-order valence-corrected chi connectivity index (χ3v) is 1.72. The van der Waals surface area contributed by atoms with E-state index in [0.29, 0.717) is 5.69 Å². The number of amides is 1. The molecule has 0 aliphatic carbocycles. The maximum atomic E-state index is 11.3. The van der Waals surface area contributed by atoms with Gasteiger partial charge in [0.15, 0.2) is 0 Å². The highest BCUT2D eigenvalue weighted by molar-refractivity contribution is 5.91. The van der Waals surface area contributed by atoms with Gasteiger partial charge in [-0.15, -0.1) is 0 Å². The molecule has 1 amide bonds. The summed E-state index contributed by atoms with van der Waals surface area (Å²) in [6.07, 6.45) is 0. The van der Waals surface area contributed by atoms with Crippen molar-refractivity contribution in [2.24, 2.45) is 5.28 Å². The third kappa shape index (κ3) is 4.83. The van der Waals surface area contributed by atoms with Gasteiger partial charge in [0.05, 0.1) is 19.1 Å². The Morgan fingerprint density at radius 1 is 1.47 bits per heavy atom. The van der Waals surface area contributed by atoms with E-state index in [1.165, 1.54) is 14.1 Å². The molecule has 0 heterocycles. The Morgan fingerprint density at radius 2 is 2.12 bits per heavy atom. The predicted octanol–water partition coefficient (Wildman–Crippen LogP) is 0.996. The molecule has 0 radical (unpaired) electrons. The van der Waals surface area contributed by atoms with Crippen LogP contribution in [-0.4, -0.2) is 36.6 Å². The lowest BCUT2D eigenvalue weighted by Gasteiger charge is -2.06. The number of hydrazine groups is 1. The highest BCUT2D eigenvalue weighted by Gasteiger charge is 2.04. The zero-order chi connectivity index (χ0) is 12.7. The standard InChI is InChI=1S/C10H14N4O3/c1-13(2)14(16)12-17-8-10(15)11-9-6-4-3-5-7-9/h3-7H,8H2,1-2H3,(H,11,15). The maximum Gasteiger partial charge on any atom is 0.265 e. The molecule has 0 spiro atoms. The topological polar surface area (TPSA) is 80.0 Å². The van der Waals surface area contributed by atoms with E-state index in [-0.39, 0.29) is 17.5 Å². The molecule has 0 aliphatic heterocycles. The Balaban J connectivity index is 2.34. The second-order valence-corrected chi connectivity index (χ2v) is 3.37. The number of anilines is 1. The molecule has 7 heteroatoms. The molecule has 0 saturated heterocycles. The number of hydrogen-bond donors (Lipinski definition) is 1. The van der Waals surface area contributed by atoms with Crippen LogP contribution >= 0.6 is 0 Å². The average Bonchev–Trinajstić information content (AvgIpc) is 2.30. The molecule has 0 bridgehead atoms. The second-order valence-electron chi connectivity index (χ2n) is 3.37. The van der Waals surface area contributed by atoms with Crippen LogP contribution in [0.1, 0.15) is 0 Å². The molecule has 0 fully saturated rings. The molecule has 0 saturated carbocycles. The van der Waals surface area contributed by atoms with E-state index in [4.69, 9.17) is 0 Å². The summed E-state index contributed by atoms with van der Waals surface area (Å²) >= 11 is 0. The largest absolute Gasteiger partial charge is 0.569 e. The lowest BCUT2D eigenvalue weighted by Crippen LogP contribution is -2.22. The highest BCUT2D eigenvalue weighted by Crippen LogP contribution is 2.04. The molecule has 1 aromatic rings. The number of hydrogen-bond acceptors (Lipinski definition) is 4. The first-order valence-corrected chi connectivity index (χ1v) is 4.92. The lowest BCUT2D eigenvalue weighted by molar-refractivity contribution is -0.699. The third-order valence-electron chi connectivity index (χ3n) is 1.72. The van der Waals surface area contributed by atoms with Crippen molar-refractivity contribution in [1.82, 2.24) is 5.01 Å². The highest BCUT2D eigenvalue weighted by atomic mass is 16.7. The first-order valence-electron chi connectivity index (χ1n) is 4.92. The van der Waals surface area contributed by atoms with Gasteiger partial charge in [0.1, 0.15) is 0 Å². The number of nitrogens with one attached hydrogen (secondary N) is 1. The maximum absolute atomic E-state index is 11.3. The van der Waals surface area contributed by atoms with Crippen molar-refractivity contribution in [3.63, 3.8) is 0 Å². The Kier molecular flexibility index (Phi) is 4.74. The average molecular weight is 238 g/mol. The van der Waals surface area contributed by atoms with Crippen LogP contribution in [0.3, 0.4) is 0 Å². The smallest absolute Gasteiger partial charge is 0.265 e. The summed E-state index contributed by atoms with van der Waals surface area (Å²) in [6.45, 7) is -0.318. The van der Waals surface area contributed by atoms with E-state index in [2.05, 4.69) is 15.4 Å². The minimum Gasteiger partial charge on any atom is -0.569 e. The Bertz CT molecular complexity index is 392. The van der Waals surface area contributed by atoms with Crippen molar-refractivity contribution in [3.8, 4) is 0 Å². The van der Waals surface area contributed by atoms with Crippen molar-refractivity contribution >= 4 is 11.6 Å². The molecule has 0 atom stereocenters. The first-order chi connectivity index (χ1) is 8.09. The molecular weight excluding hydrogens is 224 g/mol. The molecule has 92 valence electrons. The minimum absolute atomic E-state index is 0.232. The van der Waals surface area contributed by atoms with Crippen LogP contribution in [0.2, 0.25) is 0 Å². The van der Waals surface area contributed by atoms with Crippen LogP contribution < -0.4 is 5.32 Å². The summed E-state index contributed by atoms with van der Waals surface area (Å²) in [5.74, 6) is -0.382. The van der Waals surface area contributed by atoms with E-state index in [1.807, 2.05) is 6.07 Å². The zero-order valence-electron chi connectivity index (χ0n) is 9.66. The van der Waals surface area contributed by atoms with Crippen LogP contribution in [0.25, 0.3) is 0 Å². The fourth-order valence-corrected chi connectivity index (χ4v) is 0.928. The minimum atomic E-state index is -0.382. The van der Waals surface area contributed by atoms with Gasteiger partial charge in [0, 0.05) is 5.69 Å². The summed E-state index contributed by atoms with van der Waals surface area (Å²) in [4.78, 5) is 16.1. The summed E-state index contributed by atoms with van der Waals surface area (Å²) < 4.78 is 0. The number of carbonyl (C=O) groups excluding carboxylic acids is 1. The van der Waals surface area contributed by atoms with Crippen LogP contribution in [0.4, 0.5) is 5.69 Å². The van der Waals surface area contributed by atoms with Gasteiger partial charge in [0.2, 0.25) is 11.9 Å². The molecule has 1 N–H and O–H groups in total. The van der Waals surface area contributed by atoms with Crippen molar-refractivity contribution in [2.45, 2.75) is 0 Å². The number of nitrogens with zero attached hydrogens (tertiary/aromatic N) is 3. The van der Waals surface area contributed by atoms with Gasteiger partial charge in [-0.1, -0.05) is 18.2 Å². The Labute approximate surface area is 98.8 Å². The number of rotatable bonds is 5. The Hall–Kier alpha value is -2.31. The van der Waals surface area contributed by atoms with Gasteiger partial charge in [-0.2, -0.15) is 5.01 Å². The van der Waals surface area contributed by atoms with E-state index >= 15 is 0 Å². The number of carbonyl (C=O) groups is 1. The van der Waals surface area contributed by atoms with Crippen molar-refractivity contribution in [3.05, 3.63) is 35.5 Å². The molecule has 17 heavy (non-hydrogen) atoms. The molecular formula is C10H14N4O3. The Morgan fingerprint density at radius 3 is 2.71 bits per heavy atom. The van der Waals surface area contributed by atoms with Gasteiger partial charge < -0.3 is 15.4 Å². The van der Waals surface area contributed by atoms with Crippen molar-refractivity contribution < 1.29 is 14.6 Å². The van der Waals surface area contributed by atoms with E-state index in [0.717, 1.165) is 5.01 Å². The van der Waals surface area contributed by atoms with Crippen molar-refractivity contribution in [1.29, 1.82) is 0 Å². The summed E-state index contributed by atoms with van der Waals surface area (Å²) in [5.41, 5.74) is 0.660. The van der Waals surface area contributed by atoms with E-state index < -0.39 is 0 Å². The first kappa shape index (κ1) is 12.8. The quantitative estimate of drug-likeness (QED) is 0.471. The van der Waals surface area contributed by atoms with Crippen molar-refractivity contribution in [2.75, 3.05) is 26.0 Å². The molecule has 1 rings (SSSR count). The van der Waals surface area contributed by atoms with E-state index in [9.17, 15) is 10.0 Å². The predicted molar refractivity (Wildman–Crippen MR) is 60.8 cm³/mol. The van der Waals surface area contributed by atoms with Crippen LogP contribution in [0.15, 0.2) is 35.6 Å². The fourth-order valence-electron chi connectivity index (χ4n) is 0.928. The van der Waals surface area contributed by atoms with Gasteiger partial charge >= 0.3 is 0 Å². The van der Waals surface area contributed by atoms with Crippen LogP contribution in [0, 0.1) is 5.21 Å². The summed E-state index contributed by atoms with van der Waals surface area (Å²) in [7, 11) is 3.01. The fraction of sp³-hybridized carbons (Fsp3) is 0.300.